The molecule has 1 aromatic carbocycles. The van der Waals surface area contributed by atoms with Crippen molar-refractivity contribution in [2.45, 2.75) is 57.2 Å². The maximum absolute atomic E-state index is 13.3. The summed E-state index contributed by atoms with van der Waals surface area (Å²) in [6.45, 7) is 5.45. The van der Waals surface area contributed by atoms with Crippen molar-refractivity contribution in [3.63, 3.8) is 0 Å². The van der Waals surface area contributed by atoms with Crippen LogP contribution in [0.15, 0.2) is 24.3 Å². The molecule has 0 amide bonds. The minimum absolute atomic E-state index is 0.196. The van der Waals surface area contributed by atoms with Crippen molar-refractivity contribution in [2.75, 3.05) is 18.0 Å². The van der Waals surface area contributed by atoms with E-state index in [4.69, 9.17) is 4.74 Å². The van der Waals surface area contributed by atoms with Crippen LogP contribution >= 0.6 is 0 Å². The zero-order chi connectivity index (χ0) is 17.7. The highest BCUT2D eigenvalue weighted by atomic mass is 19.3. The molecule has 1 saturated heterocycles. The Kier molecular flexibility index (Phi) is 3.90. The molecule has 0 atom stereocenters. The van der Waals surface area contributed by atoms with Crippen molar-refractivity contribution in [3.8, 4) is 0 Å². The first-order chi connectivity index (χ1) is 11.9. The summed E-state index contributed by atoms with van der Waals surface area (Å²) in [7, 11) is 0. The summed E-state index contributed by atoms with van der Waals surface area (Å²) in [6, 6.07) is 7.39. The molecule has 1 spiro atoms. The van der Waals surface area contributed by atoms with Gasteiger partial charge in [0.2, 0.25) is 0 Å². The summed E-state index contributed by atoms with van der Waals surface area (Å²) in [6.07, 6.45) is 1.64. The summed E-state index contributed by atoms with van der Waals surface area (Å²) in [4.78, 5) is 10.4. The first-order valence-corrected chi connectivity index (χ1v) is 8.88. The molecule has 6 heteroatoms. The van der Waals surface area contributed by atoms with E-state index in [1.165, 1.54) is 0 Å². The predicted molar refractivity (Wildman–Crippen MR) is 93.1 cm³/mol. The molecular weight excluding hydrogens is 324 g/mol. The van der Waals surface area contributed by atoms with Crippen LogP contribution in [0.3, 0.4) is 0 Å². The van der Waals surface area contributed by atoms with E-state index in [-0.39, 0.29) is 11.2 Å². The maximum atomic E-state index is 13.3. The summed E-state index contributed by atoms with van der Waals surface area (Å²) in [5.41, 5.74) is 0.0193. The lowest BCUT2D eigenvalue weighted by Gasteiger charge is -2.49. The molecule has 0 bridgehead atoms. The van der Waals surface area contributed by atoms with E-state index in [9.17, 15) is 8.78 Å². The fraction of sp³-hybridized carbons (Fsp3) is 0.579. The van der Waals surface area contributed by atoms with E-state index in [0.29, 0.717) is 24.4 Å². The summed E-state index contributed by atoms with van der Waals surface area (Å²) < 4.78 is 33.1. The van der Waals surface area contributed by atoms with E-state index < -0.39 is 12.2 Å². The number of anilines is 1. The molecule has 0 unspecified atom stereocenters. The molecule has 1 aliphatic heterocycles. The number of nitrogens with zero attached hydrogens (tertiary/aromatic N) is 3. The third-order valence-corrected chi connectivity index (χ3v) is 5.15. The molecule has 2 heterocycles. The van der Waals surface area contributed by atoms with Crippen molar-refractivity contribution in [1.29, 1.82) is 0 Å². The number of ether oxygens (including phenoxy) is 1. The van der Waals surface area contributed by atoms with E-state index in [1.54, 1.807) is 6.07 Å². The number of hydrogen-bond acceptors (Lipinski definition) is 4. The molecule has 1 aromatic heterocycles. The van der Waals surface area contributed by atoms with Gasteiger partial charge in [0, 0.05) is 18.5 Å². The van der Waals surface area contributed by atoms with Crippen LogP contribution < -0.4 is 4.90 Å². The van der Waals surface area contributed by atoms with Crippen LogP contribution in [-0.4, -0.2) is 34.3 Å². The van der Waals surface area contributed by atoms with Crippen LogP contribution in [0, 0.1) is 0 Å². The SMILES string of the molecule is CC1(C)CN(c2nc(C(F)F)nc3ccccc23)CC2(CCCC2)O1. The van der Waals surface area contributed by atoms with Crippen LogP contribution in [0.2, 0.25) is 0 Å². The highest BCUT2D eigenvalue weighted by Gasteiger charge is 2.46. The van der Waals surface area contributed by atoms with E-state index >= 15 is 0 Å². The predicted octanol–water partition coefficient (Wildman–Crippen LogP) is 4.50. The van der Waals surface area contributed by atoms with Crippen LogP contribution in [0.1, 0.15) is 51.8 Å². The smallest absolute Gasteiger partial charge is 0.297 e. The lowest BCUT2D eigenvalue weighted by molar-refractivity contribution is -0.148. The van der Waals surface area contributed by atoms with Gasteiger partial charge in [-0.05, 0) is 38.8 Å². The number of para-hydroxylation sites is 1. The Morgan fingerprint density at radius 3 is 2.52 bits per heavy atom. The standard InChI is InChI=1S/C19H23F2N3O/c1-18(2)11-24(12-19(25-18)9-5-6-10-19)17-13-7-3-4-8-14(13)22-16(23-17)15(20)21/h3-4,7-8,15H,5-6,9-12H2,1-2H3. The van der Waals surface area contributed by atoms with Gasteiger partial charge < -0.3 is 9.64 Å². The topological polar surface area (TPSA) is 38.2 Å². The molecule has 4 rings (SSSR count). The molecule has 25 heavy (non-hydrogen) atoms. The monoisotopic (exact) mass is 347 g/mol. The number of morpholine rings is 1. The van der Waals surface area contributed by atoms with Gasteiger partial charge in [-0.1, -0.05) is 25.0 Å². The quantitative estimate of drug-likeness (QED) is 0.802. The number of rotatable bonds is 2. The molecule has 0 N–H and O–H groups in total. The maximum Gasteiger partial charge on any atom is 0.297 e. The number of fused-ring (bicyclic) bond motifs is 1. The van der Waals surface area contributed by atoms with Gasteiger partial charge in [0.05, 0.1) is 16.7 Å². The number of alkyl halides is 2. The summed E-state index contributed by atoms with van der Waals surface area (Å²) >= 11 is 0. The number of aromatic nitrogens is 2. The molecular formula is C19H23F2N3O. The lowest BCUT2D eigenvalue weighted by Crippen LogP contribution is -2.59. The largest absolute Gasteiger partial charge is 0.365 e. The minimum Gasteiger partial charge on any atom is -0.365 e. The van der Waals surface area contributed by atoms with Gasteiger partial charge >= 0.3 is 0 Å². The third kappa shape index (κ3) is 3.08. The molecule has 0 radical (unpaired) electrons. The zero-order valence-corrected chi connectivity index (χ0v) is 14.6. The first kappa shape index (κ1) is 16.6. The van der Waals surface area contributed by atoms with E-state index in [2.05, 4.69) is 28.7 Å². The Labute approximate surface area is 146 Å². The van der Waals surface area contributed by atoms with E-state index in [0.717, 1.165) is 31.1 Å². The first-order valence-electron chi connectivity index (χ1n) is 8.88. The van der Waals surface area contributed by atoms with Crippen molar-refractivity contribution in [3.05, 3.63) is 30.1 Å². The molecule has 2 fully saturated rings. The molecule has 4 nitrogen and oxygen atoms in total. The third-order valence-electron chi connectivity index (χ3n) is 5.15. The molecule has 1 aliphatic carbocycles. The number of benzene rings is 1. The van der Waals surface area contributed by atoms with Crippen LogP contribution in [-0.2, 0) is 4.74 Å². The molecule has 2 aliphatic rings. The Morgan fingerprint density at radius 2 is 1.80 bits per heavy atom. The van der Waals surface area contributed by atoms with Crippen molar-refractivity contribution in [1.82, 2.24) is 9.97 Å². The average Bonchev–Trinajstić information content (AvgIpc) is 2.99. The van der Waals surface area contributed by atoms with Gasteiger partial charge in [0.15, 0.2) is 5.82 Å². The Balaban J connectivity index is 1.82. The van der Waals surface area contributed by atoms with Gasteiger partial charge in [0.25, 0.3) is 6.43 Å². The lowest BCUT2D eigenvalue weighted by atomic mass is 9.94. The fourth-order valence-corrected chi connectivity index (χ4v) is 4.36. The summed E-state index contributed by atoms with van der Waals surface area (Å²) in [5.74, 6) is 0.196. The van der Waals surface area contributed by atoms with Crippen LogP contribution in [0.4, 0.5) is 14.6 Å². The Morgan fingerprint density at radius 1 is 1.08 bits per heavy atom. The van der Waals surface area contributed by atoms with Crippen LogP contribution in [0.25, 0.3) is 10.9 Å². The van der Waals surface area contributed by atoms with Gasteiger partial charge in [0.1, 0.15) is 5.82 Å². The normalized spacial score (nSPS) is 22.2. The average molecular weight is 347 g/mol. The van der Waals surface area contributed by atoms with E-state index in [1.807, 2.05) is 18.2 Å². The second kappa shape index (κ2) is 5.87. The summed E-state index contributed by atoms with van der Waals surface area (Å²) in [5, 5.41) is 0.817. The Bertz CT molecular complexity index is 787. The molecule has 1 saturated carbocycles. The second-order valence-electron chi connectivity index (χ2n) is 7.83. The molecule has 2 aromatic rings. The highest BCUT2D eigenvalue weighted by Crippen LogP contribution is 2.42. The number of halogens is 2. The number of hydrogen-bond donors (Lipinski definition) is 0. The minimum atomic E-state index is -2.68. The van der Waals surface area contributed by atoms with Crippen molar-refractivity contribution in [2.24, 2.45) is 0 Å². The van der Waals surface area contributed by atoms with Gasteiger partial charge in [-0.25, -0.2) is 18.7 Å². The highest BCUT2D eigenvalue weighted by molar-refractivity contribution is 5.89. The van der Waals surface area contributed by atoms with Gasteiger partial charge in [-0.2, -0.15) is 0 Å². The van der Waals surface area contributed by atoms with Crippen molar-refractivity contribution >= 4 is 16.7 Å². The van der Waals surface area contributed by atoms with Gasteiger partial charge in [-0.15, -0.1) is 0 Å². The van der Waals surface area contributed by atoms with Gasteiger partial charge in [-0.3, -0.25) is 0 Å². The Hall–Kier alpha value is -1.82. The second-order valence-corrected chi connectivity index (χ2v) is 7.83. The van der Waals surface area contributed by atoms with Crippen LogP contribution in [0.5, 0.6) is 0 Å². The zero-order valence-electron chi connectivity index (χ0n) is 14.6. The molecule has 134 valence electrons. The van der Waals surface area contributed by atoms with Crippen molar-refractivity contribution < 1.29 is 13.5 Å². The fourth-order valence-electron chi connectivity index (χ4n) is 4.36.